The van der Waals surface area contributed by atoms with E-state index in [1.807, 2.05) is 17.6 Å². The largest absolute Gasteiger partial charge is 0.494 e. The van der Waals surface area contributed by atoms with E-state index in [0.29, 0.717) is 29.3 Å². The van der Waals surface area contributed by atoms with Crippen molar-refractivity contribution < 1.29 is 14.5 Å². The van der Waals surface area contributed by atoms with Gasteiger partial charge in [0.15, 0.2) is 4.80 Å². The molecule has 0 aliphatic heterocycles. The van der Waals surface area contributed by atoms with Gasteiger partial charge in [-0.25, -0.2) is 0 Å². The molecule has 0 bridgehead atoms. The summed E-state index contributed by atoms with van der Waals surface area (Å²) in [5.41, 5.74) is 1.29. The van der Waals surface area contributed by atoms with Gasteiger partial charge >= 0.3 is 0 Å². The van der Waals surface area contributed by atoms with E-state index in [1.54, 1.807) is 24.3 Å². The van der Waals surface area contributed by atoms with Crippen molar-refractivity contribution in [3.63, 3.8) is 0 Å². The maximum atomic E-state index is 12.7. The van der Waals surface area contributed by atoms with Gasteiger partial charge in [-0.2, -0.15) is 4.99 Å². The predicted octanol–water partition coefficient (Wildman–Crippen LogP) is 4.55. The number of aryl methyl sites for hydroxylation is 1. The molecule has 3 aromatic rings. The summed E-state index contributed by atoms with van der Waals surface area (Å²) in [5.74, 6) is 0.272. The van der Waals surface area contributed by atoms with Crippen LogP contribution < -0.4 is 9.54 Å². The van der Waals surface area contributed by atoms with Crippen molar-refractivity contribution in [1.82, 2.24) is 4.57 Å². The van der Waals surface area contributed by atoms with E-state index < -0.39 is 4.92 Å². The summed E-state index contributed by atoms with van der Waals surface area (Å²) in [6, 6.07) is 11.6. The lowest BCUT2D eigenvalue weighted by atomic mass is 10.2. The Balaban J connectivity index is 1.96. The second-order valence-corrected chi connectivity index (χ2v) is 7.19. The van der Waals surface area contributed by atoms with E-state index >= 15 is 0 Å². The van der Waals surface area contributed by atoms with Crippen LogP contribution in [0.1, 0.15) is 37.0 Å². The molecule has 1 heterocycles. The molecule has 0 spiro atoms. The van der Waals surface area contributed by atoms with Gasteiger partial charge in [0.1, 0.15) is 5.75 Å². The first-order valence-corrected chi connectivity index (χ1v) is 9.94. The highest BCUT2D eigenvalue weighted by Gasteiger charge is 2.13. The third-order valence-corrected chi connectivity index (χ3v) is 5.28. The van der Waals surface area contributed by atoms with Crippen LogP contribution in [0.5, 0.6) is 5.75 Å². The number of aromatic nitrogens is 1. The number of fused-ring (bicyclic) bond motifs is 1. The highest BCUT2D eigenvalue weighted by Crippen LogP contribution is 2.23. The zero-order valence-electron chi connectivity index (χ0n) is 15.8. The highest BCUT2D eigenvalue weighted by atomic mass is 32.1. The Kier molecular flexibility index (Phi) is 6.20. The molecule has 2 aromatic carbocycles. The van der Waals surface area contributed by atoms with Gasteiger partial charge in [0, 0.05) is 24.2 Å². The fraction of sp³-hybridized carbons (Fsp3) is 0.300. The number of carbonyl (C=O) groups excluding carboxylic acids is 1. The molecule has 0 radical (unpaired) electrons. The van der Waals surface area contributed by atoms with E-state index in [0.717, 1.165) is 23.1 Å². The van der Waals surface area contributed by atoms with E-state index in [-0.39, 0.29) is 11.6 Å². The van der Waals surface area contributed by atoms with Gasteiger partial charge in [-0.3, -0.25) is 14.9 Å². The van der Waals surface area contributed by atoms with Crippen LogP contribution in [0.4, 0.5) is 5.69 Å². The smallest absolute Gasteiger partial charge is 0.279 e. The number of benzene rings is 2. The van der Waals surface area contributed by atoms with E-state index in [1.165, 1.54) is 23.5 Å². The van der Waals surface area contributed by atoms with Gasteiger partial charge in [0.2, 0.25) is 0 Å². The van der Waals surface area contributed by atoms with Gasteiger partial charge in [-0.1, -0.05) is 30.7 Å². The summed E-state index contributed by atoms with van der Waals surface area (Å²) in [6.07, 6.45) is 1.99. The molecule has 7 nitrogen and oxygen atoms in total. The van der Waals surface area contributed by atoms with Crippen LogP contribution >= 0.6 is 11.3 Å². The topological polar surface area (TPSA) is 86.7 Å². The molecule has 3 rings (SSSR count). The van der Waals surface area contributed by atoms with Gasteiger partial charge in [-0.15, -0.1) is 0 Å². The fourth-order valence-corrected chi connectivity index (χ4v) is 3.90. The molecule has 0 saturated carbocycles. The first kappa shape index (κ1) is 19.8. The number of nitro groups is 1. The molecule has 0 atom stereocenters. The minimum absolute atomic E-state index is 0.0202. The normalized spacial score (nSPS) is 11.7. The van der Waals surface area contributed by atoms with Crippen molar-refractivity contribution in [3.8, 4) is 5.75 Å². The number of rotatable bonds is 7. The second kappa shape index (κ2) is 8.79. The lowest BCUT2D eigenvalue weighted by Crippen LogP contribution is -2.15. The van der Waals surface area contributed by atoms with Crippen LogP contribution in [0, 0.1) is 10.1 Å². The van der Waals surface area contributed by atoms with Crippen molar-refractivity contribution in [2.75, 3.05) is 6.61 Å². The lowest BCUT2D eigenvalue weighted by Gasteiger charge is -2.06. The Morgan fingerprint density at radius 3 is 2.79 bits per heavy atom. The predicted molar refractivity (Wildman–Crippen MR) is 109 cm³/mol. The molecule has 1 aromatic heterocycles. The number of hydrogen-bond acceptors (Lipinski definition) is 5. The van der Waals surface area contributed by atoms with Crippen LogP contribution in [-0.4, -0.2) is 22.0 Å². The maximum absolute atomic E-state index is 12.7. The fourth-order valence-electron chi connectivity index (χ4n) is 2.77. The van der Waals surface area contributed by atoms with Crippen molar-refractivity contribution in [2.45, 2.75) is 33.2 Å². The van der Waals surface area contributed by atoms with Crippen LogP contribution in [-0.2, 0) is 6.54 Å². The van der Waals surface area contributed by atoms with Gasteiger partial charge in [-0.05, 0) is 37.6 Å². The Hall–Kier alpha value is -3.00. The number of nitro benzene ring substituents is 1. The summed E-state index contributed by atoms with van der Waals surface area (Å²) in [4.78, 5) is 28.0. The number of thiazole rings is 1. The van der Waals surface area contributed by atoms with Gasteiger partial charge < -0.3 is 9.30 Å². The van der Waals surface area contributed by atoms with Gasteiger partial charge in [0.25, 0.3) is 11.6 Å². The van der Waals surface area contributed by atoms with Crippen LogP contribution in [0.15, 0.2) is 47.5 Å². The highest BCUT2D eigenvalue weighted by molar-refractivity contribution is 7.16. The molecule has 0 N–H and O–H groups in total. The average molecular weight is 399 g/mol. The molecule has 0 saturated heterocycles. The number of nitrogens with zero attached hydrogens (tertiary/aromatic N) is 3. The Bertz CT molecular complexity index is 1080. The number of amides is 1. The number of ether oxygens (including phenoxy) is 1. The zero-order chi connectivity index (χ0) is 20.1. The molecule has 1 amide bonds. The monoisotopic (exact) mass is 399 g/mol. The average Bonchev–Trinajstić information content (AvgIpc) is 3.04. The molecule has 0 fully saturated rings. The summed E-state index contributed by atoms with van der Waals surface area (Å²) < 4.78 is 8.26. The van der Waals surface area contributed by atoms with E-state index in [2.05, 4.69) is 11.9 Å². The quantitative estimate of drug-likeness (QED) is 0.331. The zero-order valence-corrected chi connectivity index (χ0v) is 16.6. The minimum Gasteiger partial charge on any atom is -0.494 e. The van der Waals surface area contributed by atoms with Crippen LogP contribution in [0.3, 0.4) is 0 Å². The number of hydrogen-bond donors (Lipinski definition) is 0. The second-order valence-electron chi connectivity index (χ2n) is 6.18. The molecule has 0 unspecified atom stereocenters. The maximum Gasteiger partial charge on any atom is 0.279 e. The van der Waals surface area contributed by atoms with E-state index in [9.17, 15) is 14.9 Å². The molecular weight excluding hydrogens is 378 g/mol. The summed E-state index contributed by atoms with van der Waals surface area (Å²) >= 11 is 1.26. The third kappa shape index (κ3) is 4.28. The van der Waals surface area contributed by atoms with Crippen LogP contribution in [0.25, 0.3) is 10.2 Å². The van der Waals surface area contributed by atoms with Crippen molar-refractivity contribution >= 4 is 33.1 Å². The molecule has 0 aliphatic carbocycles. The Labute approximate surface area is 166 Å². The van der Waals surface area contributed by atoms with Crippen molar-refractivity contribution in [1.29, 1.82) is 0 Å². The first-order valence-electron chi connectivity index (χ1n) is 9.13. The number of unbranched alkanes of at least 4 members (excludes halogenated alkanes) is 1. The summed E-state index contributed by atoms with van der Waals surface area (Å²) in [7, 11) is 0. The molecule has 8 heteroatoms. The molecule has 0 aliphatic rings. The molecular formula is C20H21N3O4S. The minimum atomic E-state index is -0.429. The Morgan fingerprint density at radius 1 is 1.25 bits per heavy atom. The molecule has 146 valence electrons. The third-order valence-electron chi connectivity index (χ3n) is 4.24. The van der Waals surface area contributed by atoms with Crippen molar-refractivity contribution in [3.05, 3.63) is 62.9 Å². The van der Waals surface area contributed by atoms with Gasteiger partial charge in [0.05, 0.1) is 21.7 Å². The first-order chi connectivity index (χ1) is 13.5. The standard InChI is InChI=1S/C20H21N3O4S/c1-3-5-11-27-16-8-6-7-14(12-16)19(24)21-20-22(4-2)17-10-9-15(23(25)26)13-18(17)28-20/h6-10,12-13H,3-5,11H2,1-2H3. The van der Waals surface area contributed by atoms with Crippen LogP contribution in [0.2, 0.25) is 0 Å². The number of carbonyl (C=O) groups is 1. The van der Waals surface area contributed by atoms with Crippen molar-refractivity contribution in [2.24, 2.45) is 4.99 Å². The number of non-ortho nitro benzene ring substituents is 1. The Morgan fingerprint density at radius 2 is 2.07 bits per heavy atom. The molecule has 28 heavy (non-hydrogen) atoms. The van der Waals surface area contributed by atoms with E-state index in [4.69, 9.17) is 4.74 Å². The summed E-state index contributed by atoms with van der Waals surface area (Å²) in [5, 5.41) is 11.0. The SMILES string of the molecule is CCCCOc1cccc(C(=O)N=c2sc3cc([N+](=O)[O-])ccc3n2CC)c1. The summed E-state index contributed by atoms with van der Waals surface area (Å²) in [6.45, 7) is 5.24. The lowest BCUT2D eigenvalue weighted by molar-refractivity contribution is -0.384.